The molecule has 0 aliphatic rings. The second-order valence-electron chi connectivity index (χ2n) is 22.5. The predicted molar refractivity (Wildman–Crippen MR) is 211 cm³/mol. The van der Waals surface area contributed by atoms with Gasteiger partial charge >= 0.3 is 0 Å². The van der Waals surface area contributed by atoms with E-state index >= 15 is 0 Å². The maximum absolute atomic E-state index is 4.29. The van der Waals surface area contributed by atoms with Crippen molar-refractivity contribution in [3.63, 3.8) is 0 Å². The summed E-state index contributed by atoms with van der Waals surface area (Å²) in [6.07, 6.45) is 4.66. The van der Waals surface area contributed by atoms with E-state index < -0.39 is 0 Å². The zero-order valence-electron chi connectivity index (χ0n) is 35.9. The molecule has 1 atom stereocenters. The van der Waals surface area contributed by atoms with E-state index in [1.807, 2.05) is 0 Å². The van der Waals surface area contributed by atoms with Crippen LogP contribution in [0.4, 0.5) is 0 Å². The molecule has 0 aliphatic carbocycles. The first-order chi connectivity index (χ1) is 20.0. The fraction of sp³-hybridized carbons (Fsp3) is 0.826. The quantitative estimate of drug-likeness (QED) is 0.168. The van der Waals surface area contributed by atoms with Crippen LogP contribution in [0.25, 0.3) is 0 Å². The lowest BCUT2D eigenvalue weighted by molar-refractivity contribution is 0.00456. The molecule has 268 valence electrons. The number of rotatable bonds is 15. The molecule has 1 rings (SSSR count). The van der Waals surface area contributed by atoms with Crippen molar-refractivity contribution in [1.29, 1.82) is 0 Å². The molecule has 1 unspecified atom stereocenters. The molecule has 0 spiro atoms. The first-order valence-corrected chi connectivity index (χ1v) is 18.8. The van der Waals surface area contributed by atoms with Crippen molar-refractivity contribution in [2.24, 2.45) is 44.3 Å². The first kappa shape index (κ1) is 43.0. The van der Waals surface area contributed by atoms with Crippen LogP contribution in [-0.4, -0.2) is 0 Å². The third-order valence-corrected chi connectivity index (χ3v) is 14.8. The Labute approximate surface area is 291 Å². The SMILES string of the molecule is C=C(C)CC(C)(C)C(C)(C)CC(C)(C)C(C)(C)c1cc(C(C)(C)C)cc(C(C)(C)C(C)(C)CC(C)(C)C(C)(C)CC(C)C(C)C)c1. The predicted octanol–water partition coefficient (Wildman–Crippen LogP) is 15.1. The van der Waals surface area contributed by atoms with Crippen LogP contribution in [0.5, 0.6) is 0 Å². The van der Waals surface area contributed by atoms with Crippen molar-refractivity contribution in [3.8, 4) is 0 Å². The van der Waals surface area contributed by atoms with E-state index in [0.717, 1.165) is 18.8 Å². The molecule has 0 fully saturated rings. The highest BCUT2D eigenvalue weighted by Crippen LogP contribution is 2.58. The summed E-state index contributed by atoms with van der Waals surface area (Å²) in [6, 6.07) is 7.73. The topological polar surface area (TPSA) is 0 Å². The second-order valence-corrected chi connectivity index (χ2v) is 22.5. The Balaban J connectivity index is 3.78. The van der Waals surface area contributed by atoms with Crippen molar-refractivity contribution in [2.75, 3.05) is 0 Å². The fourth-order valence-corrected chi connectivity index (χ4v) is 8.00. The minimum absolute atomic E-state index is 0.0109. The van der Waals surface area contributed by atoms with Crippen molar-refractivity contribution >= 4 is 0 Å². The van der Waals surface area contributed by atoms with Crippen molar-refractivity contribution in [2.45, 2.75) is 201 Å². The number of hydrogen-bond acceptors (Lipinski definition) is 0. The fourth-order valence-electron chi connectivity index (χ4n) is 8.00. The summed E-state index contributed by atoms with van der Waals surface area (Å²) in [5.74, 6) is 1.44. The van der Waals surface area contributed by atoms with Gasteiger partial charge < -0.3 is 0 Å². The molecule has 0 radical (unpaired) electrons. The van der Waals surface area contributed by atoms with Gasteiger partial charge in [0.05, 0.1) is 0 Å². The molecule has 0 saturated carbocycles. The average Bonchev–Trinajstić information content (AvgIpc) is 2.80. The summed E-state index contributed by atoms with van der Waals surface area (Å²) in [6.45, 7) is 61.0. The van der Waals surface area contributed by atoms with Gasteiger partial charge in [-0.05, 0) is 110 Å². The van der Waals surface area contributed by atoms with Crippen molar-refractivity contribution < 1.29 is 0 Å². The highest BCUT2D eigenvalue weighted by Gasteiger charge is 2.49. The lowest BCUT2D eigenvalue weighted by Crippen LogP contribution is -2.46. The standard InChI is InChI=1S/C46H84/c1-32(2)28-39(9,10)41(13,14)30-43(17,18)45(21,22)36-25-35(38(6,7)8)26-37(27-36)46(23,24)44(19,20)31-42(15,16)40(11,12)29-34(5)33(3)4/h25-27,33-34H,1,28-31H2,2-24H3. The van der Waals surface area contributed by atoms with Crippen LogP contribution in [0.3, 0.4) is 0 Å². The minimum atomic E-state index is -0.0198. The van der Waals surface area contributed by atoms with Crippen molar-refractivity contribution in [1.82, 2.24) is 0 Å². The average molecular weight is 637 g/mol. The van der Waals surface area contributed by atoms with Crippen LogP contribution in [0.2, 0.25) is 0 Å². The van der Waals surface area contributed by atoms with E-state index in [0.29, 0.717) is 5.92 Å². The highest BCUT2D eigenvalue weighted by molar-refractivity contribution is 5.42. The van der Waals surface area contributed by atoms with E-state index in [1.165, 1.54) is 35.1 Å². The molecule has 1 aromatic rings. The minimum Gasteiger partial charge on any atom is -0.100 e. The van der Waals surface area contributed by atoms with Gasteiger partial charge in [0, 0.05) is 0 Å². The normalized spacial score (nSPS) is 15.8. The third-order valence-electron chi connectivity index (χ3n) is 14.8. The molecule has 0 heteroatoms. The van der Waals surface area contributed by atoms with Gasteiger partial charge in [0.25, 0.3) is 0 Å². The summed E-state index contributed by atoms with van der Waals surface area (Å²) >= 11 is 0. The summed E-state index contributed by atoms with van der Waals surface area (Å²) in [5, 5.41) is 0. The lowest BCUT2D eigenvalue weighted by Gasteiger charge is -2.53. The first-order valence-electron chi connectivity index (χ1n) is 18.8. The molecular weight excluding hydrogens is 553 g/mol. The number of benzene rings is 1. The zero-order valence-corrected chi connectivity index (χ0v) is 35.9. The van der Waals surface area contributed by atoms with Gasteiger partial charge in [-0.2, -0.15) is 0 Å². The molecule has 0 amide bonds. The van der Waals surface area contributed by atoms with Crippen LogP contribution in [-0.2, 0) is 16.2 Å². The van der Waals surface area contributed by atoms with Gasteiger partial charge in [-0.25, -0.2) is 0 Å². The van der Waals surface area contributed by atoms with Gasteiger partial charge in [-0.15, -0.1) is 6.58 Å². The molecular formula is C46H84. The summed E-state index contributed by atoms with van der Waals surface area (Å²) in [5.41, 5.74) is 6.71. The second kappa shape index (κ2) is 13.3. The Morgan fingerprint density at radius 3 is 1.13 bits per heavy atom. The molecule has 0 heterocycles. The monoisotopic (exact) mass is 637 g/mol. The maximum Gasteiger partial charge on any atom is -0.00520 e. The Kier molecular flexibility index (Phi) is 12.5. The summed E-state index contributed by atoms with van der Waals surface area (Å²) in [4.78, 5) is 0. The zero-order chi connectivity index (χ0) is 36.9. The molecule has 46 heavy (non-hydrogen) atoms. The van der Waals surface area contributed by atoms with Crippen LogP contribution in [0, 0.1) is 44.3 Å². The van der Waals surface area contributed by atoms with Crippen LogP contribution in [0.1, 0.15) is 202 Å². The van der Waals surface area contributed by atoms with E-state index in [-0.39, 0.29) is 48.7 Å². The van der Waals surface area contributed by atoms with Crippen LogP contribution in [0.15, 0.2) is 30.4 Å². The van der Waals surface area contributed by atoms with Gasteiger partial charge in [-0.3, -0.25) is 0 Å². The van der Waals surface area contributed by atoms with E-state index in [1.54, 1.807) is 0 Å². The number of allylic oxidation sites excluding steroid dienone is 1. The van der Waals surface area contributed by atoms with E-state index in [4.69, 9.17) is 0 Å². The van der Waals surface area contributed by atoms with E-state index in [9.17, 15) is 0 Å². The molecule has 0 N–H and O–H groups in total. The smallest absolute Gasteiger partial charge is 0.00520 e. The summed E-state index contributed by atoms with van der Waals surface area (Å²) in [7, 11) is 0. The number of hydrogen-bond donors (Lipinski definition) is 0. The van der Waals surface area contributed by atoms with E-state index in [2.05, 4.69) is 184 Å². The highest BCUT2D eigenvalue weighted by atomic mass is 14.5. The van der Waals surface area contributed by atoms with Crippen molar-refractivity contribution in [3.05, 3.63) is 47.0 Å². The molecule has 1 aromatic carbocycles. The third kappa shape index (κ3) is 9.14. The molecule has 0 saturated heterocycles. The largest absolute Gasteiger partial charge is 0.100 e. The Morgan fingerprint density at radius 1 is 0.500 bits per heavy atom. The van der Waals surface area contributed by atoms with Crippen LogP contribution >= 0.6 is 0 Å². The Bertz CT molecular complexity index is 1180. The Hall–Kier alpha value is -1.04. The van der Waals surface area contributed by atoms with Gasteiger partial charge in [0.15, 0.2) is 0 Å². The Morgan fingerprint density at radius 2 is 0.826 bits per heavy atom. The lowest BCUT2D eigenvalue weighted by atomic mass is 9.51. The van der Waals surface area contributed by atoms with Gasteiger partial charge in [-0.1, -0.05) is 176 Å². The van der Waals surface area contributed by atoms with Gasteiger partial charge in [0.2, 0.25) is 0 Å². The molecule has 0 nitrogen and oxygen atoms in total. The van der Waals surface area contributed by atoms with Crippen LogP contribution < -0.4 is 0 Å². The van der Waals surface area contributed by atoms with Gasteiger partial charge in [0.1, 0.15) is 0 Å². The molecule has 0 aromatic heterocycles. The summed E-state index contributed by atoms with van der Waals surface area (Å²) < 4.78 is 0. The molecule has 0 aliphatic heterocycles. The maximum atomic E-state index is 4.29. The molecule has 0 bridgehead atoms.